The van der Waals surface area contributed by atoms with Crippen LogP contribution in [0.1, 0.15) is 61.9 Å². The lowest BCUT2D eigenvalue weighted by Crippen LogP contribution is -2.32. The van der Waals surface area contributed by atoms with Gasteiger partial charge in [-0.2, -0.15) is 0 Å². The molecule has 0 unspecified atom stereocenters. The molecule has 150 valence electrons. The average molecular weight is 385 g/mol. The lowest BCUT2D eigenvalue weighted by Gasteiger charge is -2.18. The van der Waals surface area contributed by atoms with E-state index in [-0.39, 0.29) is 6.61 Å². The van der Waals surface area contributed by atoms with Gasteiger partial charge in [0, 0.05) is 17.3 Å². The molecule has 0 spiro atoms. The van der Waals surface area contributed by atoms with Crippen LogP contribution in [0.5, 0.6) is 0 Å². The molecular formula is C21H27N3O4. The molecule has 2 aliphatic carbocycles. The van der Waals surface area contributed by atoms with Crippen LogP contribution in [0.15, 0.2) is 18.2 Å². The van der Waals surface area contributed by atoms with Crippen molar-refractivity contribution in [2.45, 2.75) is 74.9 Å². The smallest absolute Gasteiger partial charge is 0.137 e. The molecule has 1 aromatic carbocycles. The van der Waals surface area contributed by atoms with Crippen LogP contribution in [0.4, 0.5) is 5.82 Å². The molecule has 2 aromatic rings. The van der Waals surface area contributed by atoms with E-state index in [0.717, 1.165) is 41.0 Å². The summed E-state index contributed by atoms with van der Waals surface area (Å²) >= 11 is 0. The summed E-state index contributed by atoms with van der Waals surface area (Å²) in [7, 11) is 0. The summed E-state index contributed by atoms with van der Waals surface area (Å²) in [5.41, 5.74) is 1.58. The van der Waals surface area contributed by atoms with Crippen LogP contribution in [0.3, 0.4) is 0 Å². The van der Waals surface area contributed by atoms with Gasteiger partial charge < -0.3 is 25.4 Å². The van der Waals surface area contributed by atoms with E-state index >= 15 is 0 Å². The molecule has 0 radical (unpaired) electrons. The van der Waals surface area contributed by atoms with Crippen LogP contribution in [-0.4, -0.2) is 56.2 Å². The van der Waals surface area contributed by atoms with E-state index in [0.29, 0.717) is 12.0 Å². The first-order valence-corrected chi connectivity index (χ1v) is 10.3. The zero-order valence-corrected chi connectivity index (χ0v) is 15.8. The second-order valence-electron chi connectivity index (χ2n) is 8.37. The SMILES string of the molecule is OC[C@H]1O[C@@H](c2ccc3c(NC4CCCC4)nc(C4CC4)nc3c2)[C@H](O)[C@@H]1O. The minimum atomic E-state index is -1.10. The van der Waals surface area contributed by atoms with Gasteiger partial charge in [-0.3, -0.25) is 0 Å². The van der Waals surface area contributed by atoms with E-state index in [1.54, 1.807) is 0 Å². The van der Waals surface area contributed by atoms with Crippen molar-refractivity contribution in [3.63, 3.8) is 0 Å². The lowest BCUT2D eigenvalue weighted by atomic mass is 10.00. The Labute approximate surface area is 163 Å². The topological polar surface area (TPSA) is 108 Å². The summed E-state index contributed by atoms with van der Waals surface area (Å²) in [6.45, 7) is -0.328. The number of ether oxygens (including phenoxy) is 1. The second-order valence-corrected chi connectivity index (χ2v) is 8.37. The number of aliphatic hydroxyl groups is 3. The molecule has 7 heteroatoms. The van der Waals surface area contributed by atoms with Crippen LogP contribution in [-0.2, 0) is 4.74 Å². The average Bonchev–Trinajstić information content (AvgIpc) is 3.37. The molecule has 0 amide bonds. The Hall–Kier alpha value is -1.80. The van der Waals surface area contributed by atoms with Crippen molar-refractivity contribution in [1.82, 2.24) is 9.97 Å². The summed E-state index contributed by atoms with van der Waals surface area (Å²) in [6.07, 6.45) is 3.48. The molecule has 2 heterocycles. The second kappa shape index (κ2) is 7.22. The molecule has 28 heavy (non-hydrogen) atoms. The third kappa shape index (κ3) is 3.26. The van der Waals surface area contributed by atoms with Crippen LogP contribution < -0.4 is 5.32 Å². The summed E-state index contributed by atoms with van der Waals surface area (Å²) in [6, 6.07) is 6.24. The van der Waals surface area contributed by atoms with Gasteiger partial charge in [0.1, 0.15) is 36.1 Å². The third-order valence-corrected chi connectivity index (χ3v) is 6.25. The van der Waals surface area contributed by atoms with Gasteiger partial charge >= 0.3 is 0 Å². The maximum Gasteiger partial charge on any atom is 0.137 e. The zero-order valence-electron chi connectivity index (χ0n) is 15.8. The van der Waals surface area contributed by atoms with Gasteiger partial charge in [-0.05, 0) is 43.4 Å². The lowest BCUT2D eigenvalue weighted by molar-refractivity contribution is -0.0227. The van der Waals surface area contributed by atoms with Crippen LogP contribution >= 0.6 is 0 Å². The Morgan fingerprint density at radius 1 is 1.04 bits per heavy atom. The fourth-order valence-corrected chi connectivity index (χ4v) is 4.41. The van der Waals surface area contributed by atoms with Crippen LogP contribution in [0.25, 0.3) is 10.9 Å². The van der Waals surface area contributed by atoms with E-state index in [1.165, 1.54) is 25.7 Å². The third-order valence-electron chi connectivity index (χ3n) is 6.25. The predicted molar refractivity (Wildman–Crippen MR) is 104 cm³/mol. The Kier molecular flexibility index (Phi) is 4.71. The monoisotopic (exact) mass is 385 g/mol. The molecular weight excluding hydrogens is 358 g/mol. The van der Waals surface area contributed by atoms with Gasteiger partial charge in [-0.25, -0.2) is 9.97 Å². The number of hydrogen-bond acceptors (Lipinski definition) is 7. The van der Waals surface area contributed by atoms with Gasteiger partial charge in [0.2, 0.25) is 0 Å². The number of rotatable bonds is 5. The maximum absolute atomic E-state index is 10.4. The largest absolute Gasteiger partial charge is 0.394 e. The standard InChI is InChI=1S/C21H27N3O4/c25-10-16-17(26)18(27)19(28-16)12-7-8-14-15(9-12)23-20(11-5-6-11)24-21(14)22-13-3-1-2-4-13/h7-9,11,13,16-19,25-27H,1-6,10H2,(H,22,23,24)/t16-,17-,18-,19+/m1/s1. The Morgan fingerprint density at radius 3 is 2.50 bits per heavy atom. The highest BCUT2D eigenvalue weighted by atomic mass is 16.6. The molecule has 1 saturated heterocycles. The first-order valence-electron chi connectivity index (χ1n) is 10.3. The van der Waals surface area contributed by atoms with E-state index in [1.807, 2.05) is 18.2 Å². The van der Waals surface area contributed by atoms with Crippen molar-refractivity contribution in [2.75, 3.05) is 11.9 Å². The van der Waals surface area contributed by atoms with E-state index in [9.17, 15) is 15.3 Å². The van der Waals surface area contributed by atoms with Gasteiger partial charge in [0.25, 0.3) is 0 Å². The van der Waals surface area contributed by atoms with Gasteiger partial charge in [-0.15, -0.1) is 0 Å². The molecule has 1 aromatic heterocycles. The Bertz CT molecular complexity index is 866. The van der Waals surface area contributed by atoms with Crippen LogP contribution in [0.2, 0.25) is 0 Å². The highest BCUT2D eigenvalue weighted by Crippen LogP contribution is 2.41. The van der Waals surface area contributed by atoms with Crippen molar-refractivity contribution < 1.29 is 20.1 Å². The number of aliphatic hydroxyl groups excluding tert-OH is 3. The van der Waals surface area contributed by atoms with Crippen molar-refractivity contribution in [2.24, 2.45) is 0 Å². The number of anilines is 1. The zero-order chi connectivity index (χ0) is 19.3. The molecule has 7 nitrogen and oxygen atoms in total. The van der Waals surface area contributed by atoms with Gasteiger partial charge in [0.05, 0.1) is 12.1 Å². The molecule has 3 aliphatic rings. The number of hydrogen-bond donors (Lipinski definition) is 4. The van der Waals surface area contributed by atoms with Crippen molar-refractivity contribution >= 4 is 16.7 Å². The number of aromatic nitrogens is 2. The highest BCUT2D eigenvalue weighted by Gasteiger charge is 2.43. The van der Waals surface area contributed by atoms with Crippen molar-refractivity contribution in [3.05, 3.63) is 29.6 Å². The Morgan fingerprint density at radius 2 is 1.82 bits per heavy atom. The predicted octanol–water partition coefficient (Wildman–Crippen LogP) is 2.02. The number of benzene rings is 1. The summed E-state index contributed by atoms with van der Waals surface area (Å²) in [5, 5.41) is 34.3. The quantitative estimate of drug-likeness (QED) is 0.624. The fourth-order valence-electron chi connectivity index (χ4n) is 4.41. The summed E-state index contributed by atoms with van der Waals surface area (Å²) in [5.74, 6) is 2.21. The maximum atomic E-state index is 10.4. The van der Waals surface area contributed by atoms with E-state index in [4.69, 9.17) is 14.7 Å². The van der Waals surface area contributed by atoms with E-state index in [2.05, 4.69) is 5.32 Å². The molecule has 4 N–H and O–H groups in total. The summed E-state index contributed by atoms with van der Waals surface area (Å²) < 4.78 is 5.69. The van der Waals surface area contributed by atoms with E-state index < -0.39 is 24.4 Å². The first-order chi connectivity index (χ1) is 13.6. The molecule has 0 bridgehead atoms. The van der Waals surface area contributed by atoms with Gasteiger partial charge in [-0.1, -0.05) is 18.9 Å². The summed E-state index contributed by atoms with van der Waals surface area (Å²) in [4.78, 5) is 9.62. The minimum absolute atomic E-state index is 0.328. The van der Waals surface area contributed by atoms with Crippen LogP contribution in [0, 0.1) is 0 Å². The molecule has 1 aliphatic heterocycles. The van der Waals surface area contributed by atoms with Crippen molar-refractivity contribution in [3.8, 4) is 0 Å². The number of nitrogens with zero attached hydrogens (tertiary/aromatic N) is 2. The normalized spacial score (nSPS) is 31.0. The highest BCUT2D eigenvalue weighted by molar-refractivity contribution is 5.89. The van der Waals surface area contributed by atoms with Crippen molar-refractivity contribution in [1.29, 1.82) is 0 Å². The Balaban J connectivity index is 1.51. The first kappa shape index (κ1) is 18.2. The fraction of sp³-hybridized carbons (Fsp3) is 0.619. The molecule has 2 saturated carbocycles. The number of nitrogens with one attached hydrogen (secondary N) is 1. The molecule has 3 fully saturated rings. The molecule has 4 atom stereocenters. The number of fused-ring (bicyclic) bond motifs is 1. The molecule has 5 rings (SSSR count). The minimum Gasteiger partial charge on any atom is -0.394 e. The van der Waals surface area contributed by atoms with Gasteiger partial charge in [0.15, 0.2) is 0 Å².